The summed E-state index contributed by atoms with van der Waals surface area (Å²) in [6.45, 7) is 31.6. The van der Waals surface area contributed by atoms with Crippen molar-refractivity contribution in [2.75, 3.05) is 19.6 Å². The van der Waals surface area contributed by atoms with Gasteiger partial charge in [0.25, 0.3) is 0 Å². The Hall–Kier alpha value is -6.02. The smallest absolute Gasteiger partial charge is 0.166 e. The Morgan fingerprint density at radius 1 is 0.303 bits per heavy atom. The minimum atomic E-state index is -0.0937. The first kappa shape index (κ1) is 46.5. The van der Waals surface area contributed by atoms with E-state index in [1.807, 2.05) is 0 Å². The molecule has 0 aliphatic carbocycles. The lowest BCUT2D eigenvalue weighted by Gasteiger charge is -2.35. The molecule has 0 saturated heterocycles. The number of hydrogen-bond donors (Lipinski definition) is 0. The van der Waals surface area contributed by atoms with Crippen LogP contribution in [-0.4, -0.2) is 19.9 Å². The number of fused-ring (bicyclic) bond motifs is 2. The number of anilines is 8. The van der Waals surface area contributed by atoms with Crippen LogP contribution in [0.1, 0.15) is 154 Å². The van der Waals surface area contributed by atoms with Crippen molar-refractivity contribution in [1.29, 1.82) is 0 Å². The lowest BCUT2D eigenvalue weighted by atomic mass is 9.86. The van der Waals surface area contributed by atoms with Crippen LogP contribution in [0.25, 0.3) is 0 Å². The number of aromatic nitrogens is 4. The van der Waals surface area contributed by atoms with Crippen molar-refractivity contribution in [3.05, 3.63) is 153 Å². The highest BCUT2D eigenvalue weighted by atomic mass is 15.5. The summed E-state index contributed by atoms with van der Waals surface area (Å²) in [6.07, 6.45) is 6.64. The molecule has 0 unspecified atom stereocenters. The molecule has 0 amide bonds. The van der Waals surface area contributed by atoms with Crippen LogP contribution in [-0.2, 0) is 62.2 Å². The quantitative estimate of drug-likeness (QED) is 0.120. The minimum absolute atomic E-state index is 0.0937. The molecule has 2 aliphatic heterocycles. The Bertz CT molecular complexity index is 2520. The summed E-state index contributed by atoms with van der Waals surface area (Å²) in [4.78, 5) is 30.8. The molecule has 0 saturated carbocycles. The summed E-state index contributed by atoms with van der Waals surface area (Å²) >= 11 is 0. The van der Waals surface area contributed by atoms with E-state index in [9.17, 15) is 0 Å². The van der Waals surface area contributed by atoms with Crippen molar-refractivity contribution in [2.24, 2.45) is 0 Å². The van der Waals surface area contributed by atoms with Crippen molar-refractivity contribution in [3.8, 4) is 0 Å². The van der Waals surface area contributed by atoms with Gasteiger partial charge in [-0.2, -0.15) is 0 Å². The van der Waals surface area contributed by atoms with Gasteiger partial charge in [0, 0.05) is 45.6 Å². The zero-order chi connectivity index (χ0) is 47.2. The van der Waals surface area contributed by atoms with E-state index in [2.05, 4.69) is 201 Å². The van der Waals surface area contributed by atoms with Gasteiger partial charge in [-0.3, -0.25) is 39.5 Å². The van der Waals surface area contributed by atoms with Crippen LogP contribution in [0.2, 0.25) is 0 Å². The van der Waals surface area contributed by atoms with E-state index < -0.39 is 0 Å². The molecule has 66 heavy (non-hydrogen) atoms. The molecule has 0 radical (unpaired) electrons. The molecule has 2 aliphatic rings. The normalized spacial score (nSPS) is 15.0. The monoisotopic (exact) mass is 881 g/mol. The Morgan fingerprint density at radius 3 is 0.712 bits per heavy atom. The molecule has 0 bridgehead atoms. The topological polar surface area (TPSA) is 64.5 Å². The average Bonchev–Trinajstić information content (AvgIpc) is 3.85. The summed E-state index contributed by atoms with van der Waals surface area (Å²) < 4.78 is 0. The third kappa shape index (κ3) is 8.60. The molecule has 0 fully saturated rings. The van der Waals surface area contributed by atoms with Crippen LogP contribution < -0.4 is 19.6 Å². The molecule has 0 spiro atoms. The fourth-order valence-electron chi connectivity index (χ4n) is 9.31. The zero-order valence-corrected chi connectivity index (χ0v) is 42.3. The zero-order valence-electron chi connectivity index (χ0n) is 42.3. The second kappa shape index (κ2) is 18.3. The number of benzene rings is 2. The maximum atomic E-state index is 5.17. The van der Waals surface area contributed by atoms with Gasteiger partial charge in [-0.25, -0.2) is 0 Å². The summed E-state index contributed by atoms with van der Waals surface area (Å²) in [7, 11) is 0. The van der Waals surface area contributed by atoms with Gasteiger partial charge in [0.15, 0.2) is 11.6 Å². The van der Waals surface area contributed by atoms with Gasteiger partial charge in [0.2, 0.25) is 0 Å². The molecule has 0 N–H and O–H groups in total. The highest BCUT2D eigenvalue weighted by Crippen LogP contribution is 2.58. The largest absolute Gasteiger partial charge is 0.291 e. The van der Waals surface area contributed by atoms with Crippen LogP contribution in [0.15, 0.2) is 96.6 Å². The second-order valence-electron chi connectivity index (χ2n) is 20.0. The SMILES string of the molecule is CCc1cc(N2/C(=C3/N(c4cc(CC)nc(CC)c4)c4ccc(C(C)(C)C)cc4N3c3cc(CC)nc(CC)c3)N(c3cc(CC)nc(CC)c3)c3cc(C(C)(C)C)ccc32)cc(CC)n1. The number of rotatable bonds is 12. The standard InChI is InChI=1S/C58H72N8/c1-15-39-29-47(30-40(16-2)59-39)63-51-25-23-37(57(9,10)11)27-53(51)65(49-33-43(19-5)61-44(20-6)34-49)55(63)56-64(48-31-41(17-3)60-42(18-4)32-48)52-26-24-38(58(12,13)14)28-54(52)66(56)50-35-45(21-7)62-46(22-8)36-50/h23-36H,15-22H2,1-14H3/b56-55+. The predicted octanol–water partition coefficient (Wildman–Crippen LogP) is 14.8. The van der Waals surface area contributed by atoms with Crippen molar-refractivity contribution in [2.45, 2.75) is 159 Å². The summed E-state index contributed by atoms with van der Waals surface area (Å²) in [5, 5.41) is 0. The van der Waals surface area contributed by atoms with E-state index in [-0.39, 0.29) is 10.8 Å². The lowest BCUT2D eigenvalue weighted by Crippen LogP contribution is -2.34. The Kier molecular flexibility index (Phi) is 12.9. The first-order chi connectivity index (χ1) is 31.6. The number of nitrogens with zero attached hydrogens (tertiary/aromatic N) is 8. The molecule has 344 valence electrons. The van der Waals surface area contributed by atoms with Crippen LogP contribution in [0.3, 0.4) is 0 Å². The molecular weight excluding hydrogens is 809 g/mol. The van der Waals surface area contributed by atoms with E-state index in [1.165, 1.54) is 11.1 Å². The van der Waals surface area contributed by atoms with Gasteiger partial charge in [-0.15, -0.1) is 0 Å². The molecule has 4 aromatic heterocycles. The van der Waals surface area contributed by atoms with Gasteiger partial charge in [0.05, 0.1) is 45.5 Å². The van der Waals surface area contributed by atoms with E-state index in [0.717, 1.165) is 154 Å². The fourth-order valence-corrected chi connectivity index (χ4v) is 9.31. The van der Waals surface area contributed by atoms with Gasteiger partial charge >= 0.3 is 0 Å². The number of aryl methyl sites for hydroxylation is 8. The van der Waals surface area contributed by atoms with Crippen molar-refractivity contribution < 1.29 is 0 Å². The van der Waals surface area contributed by atoms with Crippen molar-refractivity contribution in [3.63, 3.8) is 0 Å². The number of hydrogen-bond acceptors (Lipinski definition) is 8. The maximum absolute atomic E-state index is 5.17. The van der Waals surface area contributed by atoms with E-state index >= 15 is 0 Å². The van der Waals surface area contributed by atoms with Gasteiger partial charge in [0.1, 0.15) is 0 Å². The molecule has 8 nitrogen and oxygen atoms in total. The van der Waals surface area contributed by atoms with Crippen molar-refractivity contribution in [1.82, 2.24) is 19.9 Å². The van der Waals surface area contributed by atoms with E-state index in [4.69, 9.17) is 19.9 Å². The molecular formula is C58H72N8. The van der Waals surface area contributed by atoms with Crippen LogP contribution >= 0.6 is 0 Å². The summed E-state index contributed by atoms with van der Waals surface area (Å²) in [5.41, 5.74) is 19.9. The molecule has 8 heteroatoms. The van der Waals surface area contributed by atoms with E-state index in [1.54, 1.807) is 0 Å². The average molecular weight is 881 g/mol. The third-order valence-corrected chi connectivity index (χ3v) is 13.3. The van der Waals surface area contributed by atoms with Gasteiger partial charge < -0.3 is 0 Å². The Balaban J connectivity index is 1.64. The molecule has 8 rings (SSSR count). The van der Waals surface area contributed by atoms with Crippen molar-refractivity contribution >= 4 is 45.5 Å². The first-order valence-corrected chi connectivity index (χ1v) is 24.8. The summed E-state index contributed by atoms with van der Waals surface area (Å²) in [6, 6.07) is 32.8. The van der Waals surface area contributed by atoms with Crippen LogP contribution in [0.4, 0.5) is 45.5 Å². The predicted molar refractivity (Wildman–Crippen MR) is 278 cm³/mol. The van der Waals surface area contributed by atoms with Crippen LogP contribution in [0, 0.1) is 0 Å². The second-order valence-corrected chi connectivity index (χ2v) is 20.0. The third-order valence-electron chi connectivity index (χ3n) is 13.3. The fraction of sp³-hybridized carbons (Fsp3) is 0.414. The lowest BCUT2D eigenvalue weighted by molar-refractivity contribution is 0.590. The minimum Gasteiger partial charge on any atom is -0.291 e. The molecule has 6 heterocycles. The van der Waals surface area contributed by atoms with Crippen LogP contribution in [0.5, 0.6) is 0 Å². The Morgan fingerprint density at radius 2 is 0.515 bits per heavy atom. The highest BCUT2D eigenvalue weighted by molar-refractivity contribution is 6.00. The molecule has 2 aromatic carbocycles. The number of pyridine rings is 4. The van der Waals surface area contributed by atoms with Gasteiger partial charge in [-0.05, 0) is 146 Å². The molecule has 6 aromatic rings. The molecule has 0 atom stereocenters. The Labute approximate surface area is 395 Å². The van der Waals surface area contributed by atoms with E-state index in [0.29, 0.717) is 0 Å². The highest BCUT2D eigenvalue weighted by Gasteiger charge is 2.46. The maximum Gasteiger partial charge on any atom is 0.166 e. The first-order valence-electron chi connectivity index (χ1n) is 24.8. The van der Waals surface area contributed by atoms with Gasteiger partial charge in [-0.1, -0.05) is 109 Å². The summed E-state index contributed by atoms with van der Waals surface area (Å²) in [5.74, 6) is 2.08.